The van der Waals surface area contributed by atoms with E-state index in [1.54, 1.807) is 6.20 Å². The Balaban J connectivity index is 1.48. The van der Waals surface area contributed by atoms with Crippen molar-refractivity contribution in [2.24, 2.45) is 5.92 Å². The lowest BCUT2D eigenvalue weighted by Crippen LogP contribution is -2.34. The highest BCUT2D eigenvalue weighted by molar-refractivity contribution is 6.31. The SMILES string of the molecule is CC1CCCN(c2ccc(NC=C3C(=O)Nc4ccccc43)cc2)C1. The summed E-state index contributed by atoms with van der Waals surface area (Å²) in [5.41, 5.74) is 4.74. The Kier molecular flexibility index (Phi) is 4.18. The van der Waals surface area contributed by atoms with E-state index in [1.165, 1.54) is 18.5 Å². The number of piperidine rings is 1. The monoisotopic (exact) mass is 333 g/mol. The lowest BCUT2D eigenvalue weighted by atomic mass is 10.00. The van der Waals surface area contributed by atoms with E-state index in [-0.39, 0.29) is 5.91 Å². The number of carbonyl (C=O) groups is 1. The summed E-state index contributed by atoms with van der Waals surface area (Å²) in [4.78, 5) is 14.6. The average Bonchev–Trinajstić information content (AvgIpc) is 2.95. The topological polar surface area (TPSA) is 44.4 Å². The van der Waals surface area contributed by atoms with Crippen molar-refractivity contribution in [1.82, 2.24) is 0 Å². The number of para-hydroxylation sites is 1. The van der Waals surface area contributed by atoms with Gasteiger partial charge in [0.25, 0.3) is 5.91 Å². The minimum Gasteiger partial charge on any atom is -0.371 e. The molecule has 0 saturated carbocycles. The Bertz CT molecular complexity index is 810. The Hall–Kier alpha value is -2.75. The van der Waals surface area contributed by atoms with Crippen molar-refractivity contribution < 1.29 is 4.79 Å². The van der Waals surface area contributed by atoms with E-state index in [4.69, 9.17) is 0 Å². The van der Waals surface area contributed by atoms with Gasteiger partial charge in [0.05, 0.1) is 5.57 Å². The molecule has 1 fully saturated rings. The predicted octanol–water partition coefficient (Wildman–Crippen LogP) is 4.33. The van der Waals surface area contributed by atoms with Gasteiger partial charge in [-0.3, -0.25) is 4.79 Å². The van der Waals surface area contributed by atoms with Gasteiger partial charge >= 0.3 is 0 Å². The summed E-state index contributed by atoms with van der Waals surface area (Å²) in [6.07, 6.45) is 4.38. The van der Waals surface area contributed by atoms with Crippen molar-refractivity contribution in [2.45, 2.75) is 19.8 Å². The number of anilines is 3. The maximum atomic E-state index is 12.1. The van der Waals surface area contributed by atoms with Gasteiger partial charge in [-0.05, 0) is 49.1 Å². The Morgan fingerprint density at radius 1 is 1.16 bits per heavy atom. The summed E-state index contributed by atoms with van der Waals surface area (Å²) in [5.74, 6) is 0.699. The lowest BCUT2D eigenvalue weighted by Gasteiger charge is -2.32. The molecule has 2 aliphatic heterocycles. The first kappa shape index (κ1) is 15.8. The van der Waals surface area contributed by atoms with Crippen molar-refractivity contribution in [3.8, 4) is 0 Å². The molecule has 2 N–H and O–H groups in total. The summed E-state index contributed by atoms with van der Waals surface area (Å²) in [7, 11) is 0. The molecule has 0 radical (unpaired) electrons. The van der Waals surface area contributed by atoms with Crippen LogP contribution in [0.1, 0.15) is 25.3 Å². The van der Waals surface area contributed by atoms with Crippen LogP contribution < -0.4 is 15.5 Å². The first-order chi connectivity index (χ1) is 12.2. The van der Waals surface area contributed by atoms with Crippen LogP contribution in [0, 0.1) is 5.92 Å². The molecule has 2 heterocycles. The largest absolute Gasteiger partial charge is 0.371 e. The number of fused-ring (bicyclic) bond motifs is 1. The number of nitrogens with zero attached hydrogens (tertiary/aromatic N) is 1. The fourth-order valence-corrected chi connectivity index (χ4v) is 3.63. The molecule has 128 valence electrons. The Labute approximate surface area is 148 Å². The zero-order chi connectivity index (χ0) is 17.2. The highest BCUT2D eigenvalue weighted by Gasteiger charge is 2.23. The summed E-state index contributed by atoms with van der Waals surface area (Å²) in [6, 6.07) is 16.2. The molecule has 1 atom stereocenters. The van der Waals surface area contributed by atoms with E-state index in [1.807, 2.05) is 24.3 Å². The third-order valence-corrected chi connectivity index (χ3v) is 4.98. The van der Waals surface area contributed by atoms with E-state index in [9.17, 15) is 4.79 Å². The summed E-state index contributed by atoms with van der Waals surface area (Å²) >= 11 is 0. The standard InChI is InChI=1S/C21H23N3O/c1-15-5-4-12-24(14-15)17-10-8-16(9-11-17)22-13-19-18-6-2-3-7-20(18)23-21(19)25/h2-3,6-11,13,15,22H,4-5,12,14H2,1H3,(H,23,25). The second kappa shape index (κ2) is 6.63. The fourth-order valence-electron chi connectivity index (χ4n) is 3.63. The number of benzene rings is 2. The molecule has 2 aliphatic rings. The van der Waals surface area contributed by atoms with Gasteiger partial charge in [-0.1, -0.05) is 25.1 Å². The molecular formula is C21H23N3O. The highest BCUT2D eigenvalue weighted by atomic mass is 16.2. The number of nitrogens with one attached hydrogen (secondary N) is 2. The van der Waals surface area contributed by atoms with Gasteiger partial charge < -0.3 is 15.5 Å². The normalized spacial score (nSPS) is 21.2. The average molecular weight is 333 g/mol. The molecule has 0 aliphatic carbocycles. The van der Waals surface area contributed by atoms with Gasteiger partial charge in [-0.15, -0.1) is 0 Å². The van der Waals surface area contributed by atoms with Crippen LogP contribution in [0.2, 0.25) is 0 Å². The smallest absolute Gasteiger partial charge is 0.257 e. The number of hydrogen-bond acceptors (Lipinski definition) is 3. The van der Waals surface area contributed by atoms with Crippen LogP contribution in [-0.2, 0) is 4.79 Å². The van der Waals surface area contributed by atoms with E-state index in [0.29, 0.717) is 5.57 Å². The van der Waals surface area contributed by atoms with Crippen LogP contribution in [0.4, 0.5) is 17.1 Å². The van der Waals surface area contributed by atoms with Crippen LogP contribution in [-0.4, -0.2) is 19.0 Å². The molecular weight excluding hydrogens is 310 g/mol. The predicted molar refractivity (Wildman–Crippen MR) is 104 cm³/mol. The minimum atomic E-state index is -0.0624. The highest BCUT2D eigenvalue weighted by Crippen LogP contribution is 2.31. The molecule has 4 nitrogen and oxygen atoms in total. The van der Waals surface area contributed by atoms with Crippen molar-refractivity contribution >= 4 is 28.5 Å². The van der Waals surface area contributed by atoms with E-state index < -0.39 is 0 Å². The van der Waals surface area contributed by atoms with Crippen molar-refractivity contribution in [3.05, 3.63) is 60.3 Å². The van der Waals surface area contributed by atoms with Crippen LogP contribution in [0.15, 0.2) is 54.7 Å². The molecule has 1 amide bonds. The molecule has 4 heteroatoms. The lowest BCUT2D eigenvalue weighted by molar-refractivity contribution is -0.110. The van der Waals surface area contributed by atoms with Crippen LogP contribution >= 0.6 is 0 Å². The molecule has 1 unspecified atom stereocenters. The molecule has 25 heavy (non-hydrogen) atoms. The van der Waals surface area contributed by atoms with Gasteiger partial charge in [0.15, 0.2) is 0 Å². The van der Waals surface area contributed by atoms with Crippen LogP contribution in [0.25, 0.3) is 5.57 Å². The molecule has 0 aromatic heterocycles. The quantitative estimate of drug-likeness (QED) is 0.822. The second-order valence-electron chi connectivity index (χ2n) is 6.94. The van der Waals surface area contributed by atoms with Gasteiger partial charge in [-0.2, -0.15) is 0 Å². The van der Waals surface area contributed by atoms with E-state index >= 15 is 0 Å². The number of rotatable bonds is 3. The van der Waals surface area contributed by atoms with Crippen LogP contribution in [0.3, 0.4) is 0 Å². The maximum Gasteiger partial charge on any atom is 0.257 e. The molecule has 1 saturated heterocycles. The Morgan fingerprint density at radius 2 is 1.96 bits per heavy atom. The molecule has 0 spiro atoms. The third kappa shape index (κ3) is 3.25. The summed E-state index contributed by atoms with van der Waals surface area (Å²) in [5, 5.41) is 6.14. The van der Waals surface area contributed by atoms with Crippen molar-refractivity contribution in [2.75, 3.05) is 28.6 Å². The summed E-state index contributed by atoms with van der Waals surface area (Å²) < 4.78 is 0. The molecule has 0 bridgehead atoms. The van der Waals surface area contributed by atoms with E-state index in [2.05, 4.69) is 46.7 Å². The number of amides is 1. The van der Waals surface area contributed by atoms with Gasteiger partial charge in [-0.25, -0.2) is 0 Å². The Morgan fingerprint density at radius 3 is 2.76 bits per heavy atom. The zero-order valence-electron chi connectivity index (χ0n) is 14.5. The number of hydrogen-bond donors (Lipinski definition) is 2. The number of carbonyl (C=O) groups excluding carboxylic acids is 1. The first-order valence-corrected chi connectivity index (χ1v) is 8.93. The van der Waals surface area contributed by atoms with E-state index in [0.717, 1.165) is 35.9 Å². The molecule has 2 aromatic carbocycles. The first-order valence-electron chi connectivity index (χ1n) is 8.93. The minimum absolute atomic E-state index is 0.0624. The molecule has 4 rings (SSSR count). The summed E-state index contributed by atoms with van der Waals surface area (Å²) in [6.45, 7) is 4.59. The maximum absolute atomic E-state index is 12.1. The van der Waals surface area contributed by atoms with Gasteiger partial charge in [0, 0.05) is 41.9 Å². The third-order valence-electron chi connectivity index (χ3n) is 4.98. The second-order valence-corrected chi connectivity index (χ2v) is 6.94. The fraction of sp³-hybridized carbons (Fsp3) is 0.286. The molecule has 2 aromatic rings. The van der Waals surface area contributed by atoms with Crippen molar-refractivity contribution in [1.29, 1.82) is 0 Å². The van der Waals surface area contributed by atoms with Gasteiger partial charge in [0.1, 0.15) is 0 Å². The van der Waals surface area contributed by atoms with Crippen LogP contribution in [0.5, 0.6) is 0 Å². The zero-order valence-corrected chi connectivity index (χ0v) is 14.5. The van der Waals surface area contributed by atoms with Crippen molar-refractivity contribution in [3.63, 3.8) is 0 Å². The van der Waals surface area contributed by atoms with Gasteiger partial charge in [0.2, 0.25) is 0 Å².